The van der Waals surface area contributed by atoms with E-state index in [0.29, 0.717) is 17.2 Å². The number of aliphatic hydroxyl groups is 1. The zero-order valence-electron chi connectivity index (χ0n) is 11.7. The molecule has 1 saturated heterocycles. The van der Waals surface area contributed by atoms with E-state index in [0.717, 1.165) is 36.0 Å². The highest BCUT2D eigenvalue weighted by atomic mass is 79.9. The number of nitrogens with one attached hydrogen (secondary N) is 1. The van der Waals surface area contributed by atoms with Gasteiger partial charge in [0.05, 0.1) is 5.69 Å². The van der Waals surface area contributed by atoms with Crippen LogP contribution in [-0.2, 0) is 10.5 Å². The number of carbonyl (C=O) groups excluding carboxylic acids is 1. The van der Waals surface area contributed by atoms with Gasteiger partial charge < -0.3 is 10.4 Å². The highest BCUT2D eigenvalue weighted by Gasteiger charge is 2.51. The molecule has 1 amide bonds. The normalized spacial score (nSPS) is 30.2. The summed E-state index contributed by atoms with van der Waals surface area (Å²) in [6.07, 6.45) is 2.16. The summed E-state index contributed by atoms with van der Waals surface area (Å²) < 4.78 is 0.821. The molecule has 1 fully saturated rings. The first kappa shape index (κ1) is 14.0. The molecule has 1 aromatic carbocycles. The zero-order chi connectivity index (χ0) is 14.5. The molecule has 3 rings (SSSR count). The second-order valence-electron chi connectivity index (χ2n) is 5.99. The fourth-order valence-corrected chi connectivity index (χ4v) is 3.94. The fourth-order valence-electron chi connectivity index (χ4n) is 3.26. The van der Waals surface area contributed by atoms with Gasteiger partial charge in [-0.2, -0.15) is 0 Å². The number of carbonyl (C=O) groups is 1. The molecule has 2 atom stereocenters. The minimum absolute atomic E-state index is 0.340. The van der Waals surface area contributed by atoms with Crippen LogP contribution in [-0.4, -0.2) is 29.0 Å². The SMILES string of the molecule is Cc1cc(Br)c2c(c1)[C@](O)(N1CCC[C@@H](C)C1)C(=O)N2. The van der Waals surface area contributed by atoms with Crippen molar-refractivity contribution in [2.75, 3.05) is 18.4 Å². The number of likely N-dealkylation sites (tertiary alicyclic amines) is 1. The lowest BCUT2D eigenvalue weighted by Crippen LogP contribution is -2.54. The molecular formula is C15H19BrN2O2. The third kappa shape index (κ3) is 2.00. The van der Waals surface area contributed by atoms with Crippen LogP contribution in [0.3, 0.4) is 0 Å². The average molecular weight is 339 g/mol. The van der Waals surface area contributed by atoms with Crippen LogP contribution in [0.1, 0.15) is 30.9 Å². The number of aryl methyl sites for hydroxylation is 1. The predicted octanol–water partition coefficient (Wildman–Crippen LogP) is 2.59. The van der Waals surface area contributed by atoms with E-state index in [2.05, 4.69) is 28.2 Å². The topological polar surface area (TPSA) is 52.6 Å². The molecule has 0 saturated carbocycles. The molecule has 1 aromatic rings. The quantitative estimate of drug-likeness (QED) is 0.827. The second-order valence-corrected chi connectivity index (χ2v) is 6.84. The fraction of sp³-hybridized carbons (Fsp3) is 0.533. The summed E-state index contributed by atoms with van der Waals surface area (Å²) in [6, 6.07) is 3.85. The van der Waals surface area contributed by atoms with Crippen molar-refractivity contribution in [1.82, 2.24) is 4.90 Å². The summed E-state index contributed by atoms with van der Waals surface area (Å²) in [5.74, 6) is 0.158. The molecular weight excluding hydrogens is 320 g/mol. The van der Waals surface area contributed by atoms with Crippen LogP contribution in [0, 0.1) is 12.8 Å². The number of hydrogen-bond donors (Lipinski definition) is 2. The van der Waals surface area contributed by atoms with Crippen molar-refractivity contribution in [2.24, 2.45) is 5.92 Å². The molecule has 2 aliphatic rings. The van der Waals surface area contributed by atoms with Crippen molar-refractivity contribution < 1.29 is 9.90 Å². The lowest BCUT2D eigenvalue weighted by molar-refractivity contribution is -0.163. The van der Waals surface area contributed by atoms with Gasteiger partial charge in [-0.15, -0.1) is 0 Å². The Morgan fingerprint density at radius 3 is 2.95 bits per heavy atom. The third-order valence-corrected chi connectivity index (χ3v) is 4.91. The van der Waals surface area contributed by atoms with Crippen LogP contribution in [0.5, 0.6) is 0 Å². The summed E-state index contributed by atoms with van der Waals surface area (Å²) in [7, 11) is 0. The number of halogens is 1. The highest BCUT2D eigenvalue weighted by molar-refractivity contribution is 9.10. The Balaban J connectivity index is 2.08. The van der Waals surface area contributed by atoms with Crippen LogP contribution in [0.15, 0.2) is 16.6 Å². The molecule has 0 radical (unpaired) electrons. The molecule has 2 aliphatic heterocycles. The van der Waals surface area contributed by atoms with Crippen LogP contribution < -0.4 is 5.32 Å². The molecule has 0 spiro atoms. The minimum Gasteiger partial charge on any atom is -0.364 e. The molecule has 2 heterocycles. The van der Waals surface area contributed by atoms with Crippen LogP contribution in [0.25, 0.3) is 0 Å². The Morgan fingerprint density at radius 2 is 2.25 bits per heavy atom. The van der Waals surface area contributed by atoms with Gasteiger partial charge in [0.15, 0.2) is 0 Å². The maximum absolute atomic E-state index is 12.4. The smallest absolute Gasteiger partial charge is 0.277 e. The Labute approximate surface area is 127 Å². The first-order chi connectivity index (χ1) is 9.42. The molecule has 2 N–H and O–H groups in total. The van der Waals surface area contributed by atoms with Crippen LogP contribution in [0.4, 0.5) is 5.69 Å². The maximum Gasteiger partial charge on any atom is 0.277 e. The summed E-state index contributed by atoms with van der Waals surface area (Å²) >= 11 is 3.47. The zero-order valence-corrected chi connectivity index (χ0v) is 13.3. The number of fused-ring (bicyclic) bond motifs is 1. The maximum atomic E-state index is 12.4. The van der Waals surface area contributed by atoms with Crippen molar-refractivity contribution in [3.05, 3.63) is 27.7 Å². The largest absolute Gasteiger partial charge is 0.364 e. The van der Waals surface area contributed by atoms with Crippen molar-refractivity contribution in [3.8, 4) is 0 Å². The van der Waals surface area contributed by atoms with Gasteiger partial charge in [0.25, 0.3) is 5.91 Å². The summed E-state index contributed by atoms with van der Waals surface area (Å²) in [4.78, 5) is 14.3. The number of hydrogen-bond acceptors (Lipinski definition) is 3. The number of anilines is 1. The highest BCUT2D eigenvalue weighted by Crippen LogP contribution is 2.44. The third-order valence-electron chi connectivity index (χ3n) is 4.28. The Morgan fingerprint density at radius 1 is 1.50 bits per heavy atom. The van der Waals surface area contributed by atoms with E-state index in [1.165, 1.54) is 0 Å². The van der Waals surface area contributed by atoms with E-state index in [1.807, 2.05) is 24.0 Å². The Kier molecular flexibility index (Phi) is 3.39. The number of benzene rings is 1. The number of nitrogens with zero attached hydrogens (tertiary/aromatic N) is 1. The lowest BCUT2D eigenvalue weighted by Gasteiger charge is -2.40. The lowest BCUT2D eigenvalue weighted by atomic mass is 9.94. The molecule has 0 bridgehead atoms. The van der Waals surface area contributed by atoms with E-state index < -0.39 is 5.72 Å². The number of rotatable bonds is 1. The summed E-state index contributed by atoms with van der Waals surface area (Å²) in [6.45, 7) is 5.62. The summed E-state index contributed by atoms with van der Waals surface area (Å²) in [5, 5.41) is 13.9. The summed E-state index contributed by atoms with van der Waals surface area (Å²) in [5.41, 5.74) is 0.860. The van der Waals surface area contributed by atoms with Gasteiger partial charge in [-0.25, -0.2) is 0 Å². The predicted molar refractivity (Wildman–Crippen MR) is 81.4 cm³/mol. The van der Waals surface area contributed by atoms with E-state index in [-0.39, 0.29) is 5.91 Å². The van der Waals surface area contributed by atoms with E-state index in [1.54, 1.807) is 0 Å². The molecule has 0 aliphatic carbocycles. The van der Waals surface area contributed by atoms with Gasteiger partial charge in [0.1, 0.15) is 0 Å². The molecule has 0 unspecified atom stereocenters. The second kappa shape index (κ2) is 4.83. The van der Waals surface area contributed by atoms with Gasteiger partial charge in [-0.1, -0.05) is 6.92 Å². The first-order valence-corrected chi connectivity index (χ1v) is 7.81. The van der Waals surface area contributed by atoms with Crippen molar-refractivity contribution in [1.29, 1.82) is 0 Å². The van der Waals surface area contributed by atoms with Crippen LogP contribution in [0.2, 0.25) is 0 Å². The molecule has 20 heavy (non-hydrogen) atoms. The van der Waals surface area contributed by atoms with Crippen molar-refractivity contribution in [3.63, 3.8) is 0 Å². The van der Waals surface area contributed by atoms with E-state index >= 15 is 0 Å². The minimum atomic E-state index is -1.53. The van der Waals surface area contributed by atoms with Crippen molar-refractivity contribution >= 4 is 27.5 Å². The molecule has 108 valence electrons. The number of amides is 1. The van der Waals surface area contributed by atoms with Gasteiger partial charge >= 0.3 is 0 Å². The van der Waals surface area contributed by atoms with Gasteiger partial charge in [0, 0.05) is 23.1 Å². The monoisotopic (exact) mass is 338 g/mol. The van der Waals surface area contributed by atoms with Gasteiger partial charge in [-0.05, 0) is 59.3 Å². The number of piperidine rings is 1. The standard InChI is InChI=1S/C15H19BrN2O2/c1-9-4-3-5-18(8-9)15(20)11-6-10(2)7-12(16)13(11)17-14(15)19/h6-7,9,20H,3-5,8H2,1-2H3,(H,17,19)/t9-,15-/m1/s1. The van der Waals surface area contributed by atoms with Crippen LogP contribution >= 0.6 is 15.9 Å². The molecule has 4 nitrogen and oxygen atoms in total. The Bertz CT molecular complexity index is 575. The van der Waals surface area contributed by atoms with Gasteiger partial charge in [0.2, 0.25) is 5.72 Å². The molecule has 5 heteroatoms. The van der Waals surface area contributed by atoms with E-state index in [4.69, 9.17) is 0 Å². The Hall–Kier alpha value is -0.910. The first-order valence-electron chi connectivity index (χ1n) is 7.02. The van der Waals surface area contributed by atoms with Crippen molar-refractivity contribution in [2.45, 2.75) is 32.4 Å². The average Bonchev–Trinajstić information content (AvgIpc) is 2.64. The van der Waals surface area contributed by atoms with E-state index in [9.17, 15) is 9.90 Å². The molecule has 0 aromatic heterocycles. The van der Waals surface area contributed by atoms with Gasteiger partial charge in [-0.3, -0.25) is 9.69 Å².